The lowest BCUT2D eigenvalue weighted by molar-refractivity contribution is 0.557. The minimum absolute atomic E-state index is 0.0780. The predicted octanol–water partition coefficient (Wildman–Crippen LogP) is 0.751. The number of nitrogens with zero attached hydrogens (tertiary/aromatic N) is 3. The van der Waals surface area contributed by atoms with E-state index in [9.17, 15) is 0 Å². The number of rotatable bonds is 0. The quantitative estimate of drug-likeness (QED) is 0.595. The van der Waals surface area contributed by atoms with Crippen molar-refractivity contribution < 1.29 is 0 Å². The summed E-state index contributed by atoms with van der Waals surface area (Å²) in [7, 11) is 0. The molecule has 2 N–H and O–H groups in total. The molecule has 0 saturated carbocycles. The van der Waals surface area contributed by atoms with Crippen LogP contribution >= 0.6 is 0 Å². The van der Waals surface area contributed by atoms with E-state index in [1.807, 2.05) is 20.8 Å². The first-order valence-corrected chi connectivity index (χ1v) is 3.45. The number of hydrogen-bond donors (Lipinski definition) is 1. The third-order valence-electron chi connectivity index (χ3n) is 1.36. The SMILES string of the molecule is CC(C)(C)c1nncnc1N. The van der Waals surface area contributed by atoms with E-state index in [2.05, 4.69) is 15.2 Å². The molecule has 0 unspecified atom stereocenters. The average molecular weight is 152 g/mol. The molecule has 1 aromatic heterocycles. The molecule has 4 heteroatoms. The first kappa shape index (κ1) is 7.91. The Morgan fingerprint density at radius 1 is 1.36 bits per heavy atom. The first-order valence-electron chi connectivity index (χ1n) is 3.45. The van der Waals surface area contributed by atoms with Crippen LogP contribution in [0.25, 0.3) is 0 Å². The highest BCUT2D eigenvalue weighted by atomic mass is 15.2. The Balaban J connectivity index is 3.14. The summed E-state index contributed by atoms with van der Waals surface area (Å²) in [6, 6.07) is 0. The molecule has 0 fully saturated rings. The van der Waals surface area contributed by atoms with Crippen LogP contribution in [0.1, 0.15) is 26.5 Å². The van der Waals surface area contributed by atoms with Crippen molar-refractivity contribution in [2.45, 2.75) is 26.2 Å². The third kappa shape index (κ3) is 1.63. The normalized spacial score (nSPS) is 11.5. The molecular formula is C7H12N4. The van der Waals surface area contributed by atoms with Crippen molar-refractivity contribution in [2.24, 2.45) is 0 Å². The third-order valence-corrected chi connectivity index (χ3v) is 1.36. The zero-order chi connectivity index (χ0) is 8.48. The lowest BCUT2D eigenvalue weighted by Crippen LogP contribution is -2.17. The Labute approximate surface area is 65.9 Å². The van der Waals surface area contributed by atoms with Gasteiger partial charge in [-0.1, -0.05) is 20.8 Å². The molecule has 4 nitrogen and oxygen atoms in total. The van der Waals surface area contributed by atoms with Crippen molar-refractivity contribution >= 4 is 5.82 Å². The minimum atomic E-state index is -0.0780. The van der Waals surface area contributed by atoms with Crippen LogP contribution < -0.4 is 5.73 Å². The van der Waals surface area contributed by atoms with Crippen LogP contribution in [0.2, 0.25) is 0 Å². The van der Waals surface area contributed by atoms with Gasteiger partial charge in [0.1, 0.15) is 17.8 Å². The molecule has 0 bridgehead atoms. The number of aromatic nitrogens is 3. The molecule has 60 valence electrons. The van der Waals surface area contributed by atoms with Gasteiger partial charge in [-0.05, 0) is 0 Å². The minimum Gasteiger partial charge on any atom is -0.382 e. The molecule has 0 saturated heterocycles. The number of nitrogen functional groups attached to an aromatic ring is 1. The molecule has 11 heavy (non-hydrogen) atoms. The van der Waals surface area contributed by atoms with Crippen LogP contribution in [0, 0.1) is 0 Å². The topological polar surface area (TPSA) is 64.7 Å². The van der Waals surface area contributed by atoms with E-state index in [0.29, 0.717) is 5.82 Å². The van der Waals surface area contributed by atoms with Gasteiger partial charge in [0, 0.05) is 5.41 Å². The number of nitrogens with two attached hydrogens (primary N) is 1. The molecule has 0 spiro atoms. The monoisotopic (exact) mass is 152 g/mol. The second-order valence-corrected chi connectivity index (χ2v) is 3.44. The summed E-state index contributed by atoms with van der Waals surface area (Å²) >= 11 is 0. The molecule has 0 atom stereocenters. The van der Waals surface area contributed by atoms with Gasteiger partial charge in [-0.25, -0.2) is 4.98 Å². The summed E-state index contributed by atoms with van der Waals surface area (Å²) in [6.45, 7) is 6.07. The van der Waals surface area contributed by atoms with E-state index in [1.165, 1.54) is 6.33 Å². The fourth-order valence-electron chi connectivity index (χ4n) is 0.818. The Morgan fingerprint density at radius 2 is 2.00 bits per heavy atom. The number of anilines is 1. The predicted molar refractivity (Wildman–Crippen MR) is 42.9 cm³/mol. The van der Waals surface area contributed by atoms with Gasteiger partial charge in [0.25, 0.3) is 0 Å². The van der Waals surface area contributed by atoms with Gasteiger partial charge in [-0.15, -0.1) is 10.2 Å². The summed E-state index contributed by atoms with van der Waals surface area (Å²) in [5, 5.41) is 7.58. The van der Waals surface area contributed by atoms with Crippen molar-refractivity contribution in [1.82, 2.24) is 15.2 Å². The molecular weight excluding hydrogens is 140 g/mol. The maximum Gasteiger partial charge on any atom is 0.149 e. The highest BCUT2D eigenvalue weighted by Gasteiger charge is 2.19. The highest BCUT2D eigenvalue weighted by Crippen LogP contribution is 2.22. The smallest absolute Gasteiger partial charge is 0.149 e. The van der Waals surface area contributed by atoms with Gasteiger partial charge in [0.2, 0.25) is 0 Å². The van der Waals surface area contributed by atoms with E-state index in [4.69, 9.17) is 5.73 Å². The fraction of sp³-hybridized carbons (Fsp3) is 0.571. The van der Waals surface area contributed by atoms with Crippen molar-refractivity contribution in [3.63, 3.8) is 0 Å². The average Bonchev–Trinajstić information content (AvgIpc) is 1.86. The molecule has 1 rings (SSSR count). The van der Waals surface area contributed by atoms with Crippen molar-refractivity contribution in [1.29, 1.82) is 0 Å². The van der Waals surface area contributed by atoms with E-state index in [0.717, 1.165) is 5.69 Å². The van der Waals surface area contributed by atoms with Gasteiger partial charge in [0.15, 0.2) is 0 Å². The summed E-state index contributed by atoms with van der Waals surface area (Å²) in [6.07, 6.45) is 1.35. The van der Waals surface area contributed by atoms with Crippen molar-refractivity contribution in [3.8, 4) is 0 Å². The van der Waals surface area contributed by atoms with Crippen LogP contribution in [0.5, 0.6) is 0 Å². The van der Waals surface area contributed by atoms with Crippen LogP contribution in [0.15, 0.2) is 6.33 Å². The van der Waals surface area contributed by atoms with Gasteiger partial charge in [-0.3, -0.25) is 0 Å². The Morgan fingerprint density at radius 3 is 2.36 bits per heavy atom. The summed E-state index contributed by atoms with van der Waals surface area (Å²) in [5.41, 5.74) is 6.27. The van der Waals surface area contributed by atoms with Gasteiger partial charge in [0.05, 0.1) is 0 Å². The standard InChI is InChI=1S/C7H12N4/c1-7(2,3)5-6(8)9-4-10-11-5/h4H,1-3H3,(H2,8,9,10). The number of hydrogen-bond acceptors (Lipinski definition) is 4. The van der Waals surface area contributed by atoms with Crippen LogP contribution in [0.4, 0.5) is 5.82 Å². The van der Waals surface area contributed by atoms with Crippen molar-refractivity contribution in [2.75, 3.05) is 5.73 Å². The summed E-state index contributed by atoms with van der Waals surface area (Å²) in [4.78, 5) is 3.85. The molecule has 1 aromatic rings. The van der Waals surface area contributed by atoms with E-state index in [1.54, 1.807) is 0 Å². The highest BCUT2D eigenvalue weighted by molar-refractivity contribution is 5.36. The molecule has 0 radical (unpaired) electrons. The second kappa shape index (κ2) is 2.45. The largest absolute Gasteiger partial charge is 0.382 e. The fourth-order valence-corrected chi connectivity index (χ4v) is 0.818. The molecule has 0 aromatic carbocycles. The van der Waals surface area contributed by atoms with Gasteiger partial charge >= 0.3 is 0 Å². The summed E-state index contributed by atoms with van der Waals surface area (Å²) < 4.78 is 0. The van der Waals surface area contributed by atoms with E-state index in [-0.39, 0.29) is 5.41 Å². The zero-order valence-electron chi connectivity index (χ0n) is 7.00. The maximum absolute atomic E-state index is 5.59. The zero-order valence-corrected chi connectivity index (χ0v) is 7.00. The molecule has 0 aliphatic heterocycles. The Bertz CT molecular complexity index is 251. The van der Waals surface area contributed by atoms with Crippen LogP contribution in [-0.2, 0) is 5.41 Å². The van der Waals surface area contributed by atoms with Crippen LogP contribution in [0.3, 0.4) is 0 Å². The Hall–Kier alpha value is -1.19. The molecule has 0 amide bonds. The van der Waals surface area contributed by atoms with Crippen molar-refractivity contribution in [3.05, 3.63) is 12.0 Å². The maximum atomic E-state index is 5.59. The van der Waals surface area contributed by atoms with Gasteiger partial charge in [-0.2, -0.15) is 0 Å². The lowest BCUT2D eigenvalue weighted by Gasteiger charge is -2.16. The molecule has 0 aliphatic rings. The Kier molecular flexibility index (Phi) is 1.76. The van der Waals surface area contributed by atoms with Crippen LogP contribution in [-0.4, -0.2) is 15.2 Å². The van der Waals surface area contributed by atoms with E-state index >= 15 is 0 Å². The first-order chi connectivity index (χ1) is 5.02. The summed E-state index contributed by atoms with van der Waals surface area (Å²) in [5.74, 6) is 0.465. The van der Waals surface area contributed by atoms with E-state index < -0.39 is 0 Å². The molecule has 1 heterocycles. The lowest BCUT2D eigenvalue weighted by atomic mass is 9.92. The van der Waals surface area contributed by atoms with Gasteiger partial charge < -0.3 is 5.73 Å². The second-order valence-electron chi connectivity index (χ2n) is 3.44. The molecule has 0 aliphatic carbocycles.